The first-order valence-corrected chi connectivity index (χ1v) is 10.4. The molecule has 3 heterocycles. The zero-order valence-corrected chi connectivity index (χ0v) is 17.8. The average Bonchev–Trinajstić information content (AvgIpc) is 3.21. The summed E-state index contributed by atoms with van der Waals surface area (Å²) in [7, 11) is 0. The number of nitrogens with one attached hydrogen (secondary N) is 1. The van der Waals surface area contributed by atoms with Crippen LogP contribution in [0.5, 0.6) is 0 Å². The minimum Gasteiger partial charge on any atom is -0.302 e. The Morgan fingerprint density at radius 2 is 2.07 bits per heavy atom. The maximum absolute atomic E-state index is 11.5. The molecule has 3 aromatic rings. The lowest BCUT2D eigenvalue weighted by Gasteiger charge is -2.24. The third-order valence-corrected chi connectivity index (χ3v) is 5.91. The number of pyridine rings is 1. The Labute approximate surface area is 169 Å². The van der Waals surface area contributed by atoms with Gasteiger partial charge in [0.25, 0.3) is 0 Å². The Bertz CT molecular complexity index is 1040. The predicted molar refractivity (Wildman–Crippen MR) is 113 cm³/mol. The Morgan fingerprint density at radius 3 is 2.68 bits per heavy atom. The first-order valence-electron chi connectivity index (χ1n) is 9.63. The Hall–Kier alpha value is -2.54. The van der Waals surface area contributed by atoms with Gasteiger partial charge in [-0.15, -0.1) is 0 Å². The van der Waals surface area contributed by atoms with Gasteiger partial charge in [-0.2, -0.15) is 5.10 Å². The molecule has 0 radical (unpaired) electrons. The Morgan fingerprint density at radius 1 is 1.29 bits per heavy atom. The van der Waals surface area contributed by atoms with Crippen molar-refractivity contribution in [2.24, 2.45) is 0 Å². The quantitative estimate of drug-likeness (QED) is 0.711. The molecular formula is C21H25N5OS. The molecule has 1 aliphatic rings. The fraction of sp³-hybridized carbons (Fsp3) is 0.429. The third-order valence-electron chi connectivity index (χ3n) is 4.89. The summed E-state index contributed by atoms with van der Waals surface area (Å²) < 4.78 is 2.11. The summed E-state index contributed by atoms with van der Waals surface area (Å²) in [5.74, 6) is -0.0987. The molecule has 0 fully saturated rings. The molecule has 0 aliphatic heterocycles. The average molecular weight is 396 g/mol. The number of carbonyl (C=O) groups is 1. The van der Waals surface area contributed by atoms with Crippen molar-refractivity contribution in [3.05, 3.63) is 35.3 Å². The number of carbonyl (C=O) groups excluding carboxylic acids is 1. The van der Waals surface area contributed by atoms with Crippen LogP contribution in [-0.2, 0) is 29.6 Å². The summed E-state index contributed by atoms with van der Waals surface area (Å²) in [5.41, 5.74) is 6.36. The molecule has 0 unspecified atom stereocenters. The highest BCUT2D eigenvalue weighted by Gasteiger charge is 2.32. The van der Waals surface area contributed by atoms with Crippen LogP contribution >= 0.6 is 11.3 Å². The molecule has 3 aromatic heterocycles. The van der Waals surface area contributed by atoms with Crippen LogP contribution in [0.3, 0.4) is 0 Å². The predicted octanol–water partition coefficient (Wildman–Crippen LogP) is 4.44. The molecule has 4 rings (SSSR count). The molecule has 0 aromatic carbocycles. The first-order chi connectivity index (χ1) is 13.3. The van der Waals surface area contributed by atoms with Gasteiger partial charge in [-0.3, -0.25) is 14.5 Å². The van der Waals surface area contributed by atoms with Gasteiger partial charge in [0.2, 0.25) is 5.91 Å². The Kier molecular flexibility index (Phi) is 4.57. The molecule has 6 nitrogen and oxygen atoms in total. The maximum Gasteiger partial charge on any atom is 0.223 e. The number of nitrogens with zero attached hydrogens (tertiary/aromatic N) is 4. The molecule has 0 bridgehead atoms. The van der Waals surface area contributed by atoms with E-state index >= 15 is 0 Å². The van der Waals surface area contributed by atoms with Gasteiger partial charge in [0.15, 0.2) is 5.13 Å². The summed E-state index contributed by atoms with van der Waals surface area (Å²) >= 11 is 1.53. The highest BCUT2D eigenvalue weighted by molar-refractivity contribution is 7.19. The number of anilines is 1. The van der Waals surface area contributed by atoms with E-state index in [1.807, 2.05) is 6.20 Å². The van der Waals surface area contributed by atoms with E-state index in [4.69, 9.17) is 5.10 Å². The first kappa shape index (κ1) is 18.8. The van der Waals surface area contributed by atoms with Crippen LogP contribution in [0.1, 0.15) is 51.6 Å². The van der Waals surface area contributed by atoms with E-state index in [0.29, 0.717) is 5.13 Å². The second-order valence-electron chi connectivity index (χ2n) is 8.13. The normalized spacial score (nSPS) is 13.2. The van der Waals surface area contributed by atoms with Crippen LogP contribution in [-0.4, -0.2) is 25.7 Å². The molecular weight excluding hydrogens is 370 g/mol. The van der Waals surface area contributed by atoms with Crippen LogP contribution in [0.4, 0.5) is 5.13 Å². The van der Waals surface area contributed by atoms with E-state index in [-0.39, 0.29) is 11.4 Å². The van der Waals surface area contributed by atoms with E-state index in [1.165, 1.54) is 23.8 Å². The van der Waals surface area contributed by atoms with Crippen molar-refractivity contribution in [1.82, 2.24) is 19.7 Å². The van der Waals surface area contributed by atoms with E-state index in [1.54, 1.807) is 0 Å². The molecule has 0 saturated heterocycles. The van der Waals surface area contributed by atoms with E-state index in [0.717, 1.165) is 52.5 Å². The van der Waals surface area contributed by atoms with Crippen molar-refractivity contribution in [3.63, 3.8) is 0 Å². The van der Waals surface area contributed by atoms with Crippen molar-refractivity contribution in [1.29, 1.82) is 0 Å². The number of aryl methyl sites for hydroxylation is 2. The van der Waals surface area contributed by atoms with Gasteiger partial charge in [0, 0.05) is 29.9 Å². The largest absolute Gasteiger partial charge is 0.302 e. The summed E-state index contributed by atoms with van der Waals surface area (Å²) in [6.45, 7) is 10.1. The van der Waals surface area contributed by atoms with Gasteiger partial charge < -0.3 is 5.32 Å². The molecule has 1 aliphatic carbocycles. The molecule has 7 heteroatoms. The molecule has 0 saturated carbocycles. The fourth-order valence-electron chi connectivity index (χ4n) is 3.57. The zero-order valence-electron chi connectivity index (χ0n) is 17.0. The lowest BCUT2D eigenvalue weighted by Crippen LogP contribution is -2.24. The number of fused-ring (bicyclic) bond motifs is 3. The summed E-state index contributed by atoms with van der Waals surface area (Å²) in [5, 5.41) is 8.51. The van der Waals surface area contributed by atoms with Gasteiger partial charge in [0.1, 0.15) is 0 Å². The molecule has 1 N–H and O–H groups in total. The summed E-state index contributed by atoms with van der Waals surface area (Å²) in [4.78, 5) is 21.8. The van der Waals surface area contributed by atoms with Gasteiger partial charge in [-0.25, -0.2) is 4.98 Å². The zero-order chi connectivity index (χ0) is 20.1. The highest BCUT2D eigenvalue weighted by atomic mass is 32.1. The van der Waals surface area contributed by atoms with Crippen molar-refractivity contribution in [3.8, 4) is 21.8 Å². The van der Waals surface area contributed by atoms with Crippen LogP contribution in [0, 0.1) is 0 Å². The summed E-state index contributed by atoms with van der Waals surface area (Å²) in [6, 6.07) is 4.19. The number of aromatic nitrogens is 4. The number of hydrogen-bond donors (Lipinski definition) is 1. The van der Waals surface area contributed by atoms with Gasteiger partial charge in [-0.05, 0) is 52.2 Å². The SMILES string of the molecule is CCc1ccc(-c2nn(C(C)(C)C)c3c2CCc2nc(NC(C)=O)sc2-3)cn1. The topological polar surface area (TPSA) is 72.7 Å². The summed E-state index contributed by atoms with van der Waals surface area (Å²) in [6.07, 6.45) is 4.58. The van der Waals surface area contributed by atoms with Crippen LogP contribution in [0.15, 0.2) is 18.3 Å². The number of rotatable bonds is 3. The second-order valence-corrected chi connectivity index (χ2v) is 9.13. The van der Waals surface area contributed by atoms with Crippen molar-refractivity contribution in [2.45, 2.75) is 59.4 Å². The maximum atomic E-state index is 11.5. The second kappa shape index (κ2) is 6.81. The third kappa shape index (κ3) is 3.24. The minimum absolute atomic E-state index is 0.0987. The van der Waals surface area contributed by atoms with Crippen LogP contribution in [0.2, 0.25) is 0 Å². The van der Waals surface area contributed by atoms with E-state index < -0.39 is 0 Å². The molecule has 0 atom stereocenters. The monoisotopic (exact) mass is 395 g/mol. The van der Waals surface area contributed by atoms with Crippen molar-refractivity contribution < 1.29 is 4.79 Å². The molecule has 0 spiro atoms. The number of amides is 1. The van der Waals surface area contributed by atoms with Crippen molar-refractivity contribution >= 4 is 22.4 Å². The van der Waals surface area contributed by atoms with Crippen molar-refractivity contribution in [2.75, 3.05) is 5.32 Å². The van der Waals surface area contributed by atoms with Gasteiger partial charge in [0.05, 0.1) is 27.5 Å². The minimum atomic E-state index is -0.175. The van der Waals surface area contributed by atoms with Gasteiger partial charge >= 0.3 is 0 Å². The standard InChI is InChI=1S/C21H25N5OS/c1-6-14-8-7-13(11-22-14)17-15-9-10-16-19(28-20(24-16)23-12(2)27)18(15)26(25-17)21(3,4)5/h7-8,11H,6,9-10H2,1-5H3,(H,23,24,27). The highest BCUT2D eigenvalue weighted by Crippen LogP contribution is 2.44. The van der Waals surface area contributed by atoms with Gasteiger partial charge in [-0.1, -0.05) is 18.3 Å². The van der Waals surface area contributed by atoms with E-state index in [9.17, 15) is 4.79 Å². The number of hydrogen-bond acceptors (Lipinski definition) is 5. The Balaban J connectivity index is 1.89. The van der Waals surface area contributed by atoms with Crippen LogP contribution in [0.25, 0.3) is 21.8 Å². The van der Waals surface area contributed by atoms with E-state index in [2.05, 4.69) is 59.8 Å². The van der Waals surface area contributed by atoms with Crippen LogP contribution < -0.4 is 5.32 Å². The number of thiazole rings is 1. The lowest BCUT2D eigenvalue weighted by molar-refractivity contribution is -0.114. The molecule has 146 valence electrons. The molecule has 1 amide bonds. The molecule has 28 heavy (non-hydrogen) atoms. The smallest absolute Gasteiger partial charge is 0.223 e. The lowest BCUT2D eigenvalue weighted by atomic mass is 9.94. The fourth-order valence-corrected chi connectivity index (χ4v) is 4.68.